The second-order valence-corrected chi connectivity index (χ2v) is 4.40. The third-order valence-electron chi connectivity index (χ3n) is 2.68. The second-order valence-electron chi connectivity index (χ2n) is 4.40. The first kappa shape index (κ1) is 9.52. The number of aromatic amines is 1. The highest BCUT2D eigenvalue weighted by molar-refractivity contribution is 5.32. The summed E-state index contributed by atoms with van der Waals surface area (Å²) < 4.78 is 0. The number of nitrogens with one attached hydrogen (secondary N) is 1. The first-order valence-electron chi connectivity index (χ1n) is 5.17. The molecule has 1 aromatic heterocycles. The lowest BCUT2D eigenvalue weighted by Gasteiger charge is -2.34. The van der Waals surface area contributed by atoms with E-state index in [0.717, 1.165) is 31.2 Å². The first-order chi connectivity index (χ1) is 6.65. The predicted molar refractivity (Wildman–Crippen MR) is 57.3 cm³/mol. The molecule has 3 N–H and O–H groups in total. The monoisotopic (exact) mass is 194 g/mol. The van der Waals surface area contributed by atoms with Crippen molar-refractivity contribution in [2.75, 3.05) is 18.0 Å². The molecule has 1 saturated heterocycles. The maximum absolute atomic E-state index is 5.98. The molecule has 2 rings (SSSR count). The summed E-state index contributed by atoms with van der Waals surface area (Å²) in [6, 6.07) is 0.282. The van der Waals surface area contributed by atoms with Gasteiger partial charge in [0.15, 0.2) is 0 Å². The molecule has 2 unspecified atom stereocenters. The molecule has 2 atom stereocenters. The van der Waals surface area contributed by atoms with Gasteiger partial charge in [-0.2, -0.15) is 0 Å². The van der Waals surface area contributed by atoms with E-state index >= 15 is 0 Å². The van der Waals surface area contributed by atoms with E-state index in [1.165, 1.54) is 0 Å². The van der Waals surface area contributed by atoms with Gasteiger partial charge in [0.05, 0.1) is 0 Å². The van der Waals surface area contributed by atoms with E-state index < -0.39 is 0 Å². The summed E-state index contributed by atoms with van der Waals surface area (Å²) in [5, 5.41) is 0. The number of piperidine rings is 1. The minimum absolute atomic E-state index is 0.282. The molecular weight excluding hydrogens is 176 g/mol. The van der Waals surface area contributed by atoms with Crippen molar-refractivity contribution in [3.05, 3.63) is 11.9 Å². The molecule has 1 aliphatic heterocycles. The number of aryl methyl sites for hydroxylation is 1. The van der Waals surface area contributed by atoms with E-state index in [-0.39, 0.29) is 6.04 Å². The molecule has 0 saturated carbocycles. The van der Waals surface area contributed by atoms with Crippen molar-refractivity contribution >= 4 is 5.95 Å². The van der Waals surface area contributed by atoms with Crippen LogP contribution in [-0.2, 0) is 0 Å². The minimum Gasteiger partial charge on any atom is -0.341 e. The van der Waals surface area contributed by atoms with Gasteiger partial charge in [0.1, 0.15) is 0 Å². The maximum atomic E-state index is 5.98. The van der Waals surface area contributed by atoms with Crippen LogP contribution in [0.1, 0.15) is 19.0 Å². The lowest BCUT2D eigenvalue weighted by molar-refractivity contribution is 0.398. The van der Waals surface area contributed by atoms with Gasteiger partial charge in [-0.05, 0) is 19.3 Å². The maximum Gasteiger partial charge on any atom is 0.203 e. The van der Waals surface area contributed by atoms with E-state index in [0.29, 0.717) is 5.92 Å². The summed E-state index contributed by atoms with van der Waals surface area (Å²) in [5.41, 5.74) is 7.08. The third-order valence-corrected chi connectivity index (χ3v) is 2.68. The van der Waals surface area contributed by atoms with Crippen LogP contribution in [0.25, 0.3) is 0 Å². The molecule has 0 bridgehead atoms. The number of anilines is 1. The van der Waals surface area contributed by atoms with Crippen molar-refractivity contribution in [3.8, 4) is 0 Å². The molecule has 1 aromatic rings. The average molecular weight is 194 g/mol. The zero-order valence-electron chi connectivity index (χ0n) is 8.83. The van der Waals surface area contributed by atoms with Crippen LogP contribution in [-0.4, -0.2) is 29.1 Å². The second kappa shape index (κ2) is 3.61. The lowest BCUT2D eigenvalue weighted by Crippen LogP contribution is -2.46. The quantitative estimate of drug-likeness (QED) is 0.698. The van der Waals surface area contributed by atoms with Crippen molar-refractivity contribution in [1.82, 2.24) is 9.97 Å². The minimum atomic E-state index is 0.282. The summed E-state index contributed by atoms with van der Waals surface area (Å²) in [6.45, 7) is 6.23. The fourth-order valence-corrected chi connectivity index (χ4v) is 2.13. The van der Waals surface area contributed by atoms with Gasteiger partial charge >= 0.3 is 0 Å². The Bertz CT molecular complexity index is 297. The predicted octanol–water partition coefficient (Wildman–Crippen LogP) is 0.892. The van der Waals surface area contributed by atoms with Crippen molar-refractivity contribution in [2.45, 2.75) is 26.3 Å². The molecule has 4 nitrogen and oxygen atoms in total. The summed E-state index contributed by atoms with van der Waals surface area (Å²) in [5.74, 6) is 1.62. The molecule has 0 aliphatic carbocycles. The summed E-state index contributed by atoms with van der Waals surface area (Å²) in [4.78, 5) is 9.81. The number of hydrogen-bond donors (Lipinski definition) is 2. The Morgan fingerprint density at radius 2 is 2.36 bits per heavy atom. The van der Waals surface area contributed by atoms with Crippen LogP contribution >= 0.6 is 0 Å². The van der Waals surface area contributed by atoms with Gasteiger partial charge < -0.3 is 15.6 Å². The van der Waals surface area contributed by atoms with Crippen LogP contribution in [0.2, 0.25) is 0 Å². The Morgan fingerprint density at radius 1 is 1.57 bits per heavy atom. The summed E-state index contributed by atoms with van der Waals surface area (Å²) in [7, 11) is 0. The van der Waals surface area contributed by atoms with E-state index in [9.17, 15) is 0 Å². The van der Waals surface area contributed by atoms with Crippen molar-refractivity contribution < 1.29 is 0 Å². The summed E-state index contributed by atoms with van der Waals surface area (Å²) >= 11 is 0. The first-order valence-corrected chi connectivity index (χ1v) is 5.17. The molecule has 4 heteroatoms. The molecule has 0 spiro atoms. The van der Waals surface area contributed by atoms with Gasteiger partial charge in [-0.3, -0.25) is 0 Å². The van der Waals surface area contributed by atoms with E-state index in [1.54, 1.807) is 0 Å². The Labute approximate surface area is 84.5 Å². The van der Waals surface area contributed by atoms with Crippen molar-refractivity contribution in [2.24, 2.45) is 11.7 Å². The molecule has 1 fully saturated rings. The Morgan fingerprint density at radius 3 is 2.93 bits per heavy atom. The van der Waals surface area contributed by atoms with E-state index in [4.69, 9.17) is 5.73 Å². The van der Waals surface area contributed by atoms with Gasteiger partial charge in [-0.25, -0.2) is 4.98 Å². The normalized spacial score (nSPS) is 28.1. The Hall–Kier alpha value is -1.03. The van der Waals surface area contributed by atoms with Crippen LogP contribution in [0.4, 0.5) is 5.95 Å². The van der Waals surface area contributed by atoms with Gasteiger partial charge in [-0.1, -0.05) is 6.92 Å². The van der Waals surface area contributed by atoms with E-state index in [2.05, 4.69) is 21.8 Å². The topological polar surface area (TPSA) is 57.9 Å². The fourth-order valence-electron chi connectivity index (χ4n) is 2.13. The number of H-pyrrole nitrogens is 1. The van der Waals surface area contributed by atoms with Crippen molar-refractivity contribution in [1.29, 1.82) is 0 Å². The summed E-state index contributed by atoms with van der Waals surface area (Å²) in [6.07, 6.45) is 2.98. The van der Waals surface area contributed by atoms with Gasteiger partial charge in [0, 0.05) is 31.0 Å². The number of nitrogens with two attached hydrogens (primary N) is 1. The Balaban J connectivity index is 2.10. The van der Waals surface area contributed by atoms with Crippen molar-refractivity contribution in [3.63, 3.8) is 0 Å². The zero-order chi connectivity index (χ0) is 10.1. The molecule has 78 valence electrons. The third kappa shape index (κ3) is 1.90. The van der Waals surface area contributed by atoms with Gasteiger partial charge in [0.2, 0.25) is 5.95 Å². The number of hydrogen-bond acceptors (Lipinski definition) is 3. The van der Waals surface area contributed by atoms with Crippen LogP contribution in [0.5, 0.6) is 0 Å². The number of aromatic nitrogens is 2. The highest BCUT2D eigenvalue weighted by Crippen LogP contribution is 2.19. The molecule has 1 aliphatic rings. The van der Waals surface area contributed by atoms with Crippen LogP contribution in [0.15, 0.2) is 6.20 Å². The lowest BCUT2D eigenvalue weighted by atomic mass is 9.97. The fraction of sp³-hybridized carbons (Fsp3) is 0.700. The largest absolute Gasteiger partial charge is 0.341 e. The zero-order valence-corrected chi connectivity index (χ0v) is 8.83. The molecule has 0 amide bonds. The van der Waals surface area contributed by atoms with Crippen LogP contribution in [0, 0.1) is 12.8 Å². The highest BCUT2D eigenvalue weighted by atomic mass is 15.3. The van der Waals surface area contributed by atoms with Gasteiger partial charge in [-0.15, -0.1) is 0 Å². The molecular formula is C10H18N4. The molecule has 0 radical (unpaired) electrons. The number of rotatable bonds is 1. The number of imidazole rings is 1. The highest BCUT2D eigenvalue weighted by Gasteiger charge is 2.23. The molecule has 14 heavy (non-hydrogen) atoms. The average Bonchev–Trinajstić information content (AvgIpc) is 2.50. The SMILES string of the molecule is Cc1cnc(N2CC(C)CC(N)C2)[nH]1. The number of nitrogens with zero attached hydrogens (tertiary/aromatic N) is 2. The van der Waals surface area contributed by atoms with Crippen LogP contribution in [0.3, 0.4) is 0 Å². The molecule has 2 heterocycles. The van der Waals surface area contributed by atoms with E-state index in [1.807, 2.05) is 13.1 Å². The standard InChI is InChI=1S/C10H18N4/c1-7-3-9(11)6-14(5-7)10-12-4-8(2)13-10/h4,7,9H,3,5-6,11H2,1-2H3,(H,12,13). The smallest absolute Gasteiger partial charge is 0.203 e. The molecule has 0 aromatic carbocycles. The van der Waals surface area contributed by atoms with Crippen LogP contribution < -0.4 is 10.6 Å². The van der Waals surface area contributed by atoms with Gasteiger partial charge in [0.25, 0.3) is 0 Å². The Kier molecular flexibility index (Phi) is 2.46.